The van der Waals surface area contributed by atoms with E-state index in [4.69, 9.17) is 10.5 Å². The van der Waals surface area contributed by atoms with Gasteiger partial charge in [-0.1, -0.05) is 18.2 Å². The van der Waals surface area contributed by atoms with Crippen LogP contribution in [0.5, 0.6) is 0 Å². The van der Waals surface area contributed by atoms with Crippen LogP contribution in [0, 0.1) is 5.92 Å². The van der Waals surface area contributed by atoms with Crippen molar-refractivity contribution in [2.45, 2.75) is 18.8 Å². The van der Waals surface area contributed by atoms with Crippen molar-refractivity contribution >= 4 is 34.1 Å². The molecule has 128 valence electrons. The van der Waals surface area contributed by atoms with Gasteiger partial charge in [-0.25, -0.2) is 9.78 Å². The highest BCUT2D eigenvalue weighted by Crippen LogP contribution is 2.33. The van der Waals surface area contributed by atoms with Gasteiger partial charge in [0.1, 0.15) is 10.9 Å². The molecular formula is C18H17N3O3S. The van der Waals surface area contributed by atoms with E-state index in [0.717, 1.165) is 29.3 Å². The van der Waals surface area contributed by atoms with Crippen molar-refractivity contribution in [2.24, 2.45) is 11.7 Å². The number of H-pyrrole nitrogens is 1. The number of esters is 1. The molecule has 1 aliphatic rings. The highest BCUT2D eigenvalue weighted by molar-refractivity contribution is 7.10. The first-order valence-corrected chi connectivity index (χ1v) is 8.99. The number of rotatable bonds is 6. The van der Waals surface area contributed by atoms with E-state index in [9.17, 15) is 9.59 Å². The molecule has 6 nitrogen and oxygen atoms in total. The van der Waals surface area contributed by atoms with Crippen molar-refractivity contribution < 1.29 is 14.3 Å². The number of carbonyl (C=O) groups is 2. The molecule has 0 bridgehead atoms. The number of para-hydroxylation sites is 1. The molecule has 1 fully saturated rings. The van der Waals surface area contributed by atoms with Gasteiger partial charge in [-0.3, -0.25) is 4.79 Å². The number of nitrogens with two attached hydrogens (primary N) is 1. The van der Waals surface area contributed by atoms with Gasteiger partial charge in [0.15, 0.2) is 5.69 Å². The van der Waals surface area contributed by atoms with Gasteiger partial charge in [-0.15, -0.1) is 11.3 Å². The third-order valence-corrected chi connectivity index (χ3v) is 5.25. The molecule has 0 radical (unpaired) electrons. The number of aromatic amines is 1. The van der Waals surface area contributed by atoms with Gasteiger partial charge in [0.2, 0.25) is 5.91 Å². The first kappa shape index (κ1) is 15.8. The largest absolute Gasteiger partial charge is 0.461 e. The zero-order valence-electron chi connectivity index (χ0n) is 13.4. The van der Waals surface area contributed by atoms with Gasteiger partial charge in [-0.05, 0) is 30.4 Å². The number of hydrogen-bond donors (Lipinski definition) is 2. The number of carbonyl (C=O) groups excluding carboxylic acids is 2. The minimum Gasteiger partial charge on any atom is -0.461 e. The molecule has 1 saturated carbocycles. The summed E-state index contributed by atoms with van der Waals surface area (Å²) in [5.74, 6) is -1.16. The number of aromatic nitrogens is 2. The second-order valence-electron chi connectivity index (χ2n) is 6.24. The molecule has 1 unspecified atom stereocenters. The second-order valence-corrected chi connectivity index (χ2v) is 7.13. The summed E-state index contributed by atoms with van der Waals surface area (Å²) in [4.78, 5) is 31.6. The van der Waals surface area contributed by atoms with E-state index < -0.39 is 17.8 Å². The Hall–Kier alpha value is -2.67. The van der Waals surface area contributed by atoms with Crippen molar-refractivity contribution in [1.29, 1.82) is 0 Å². The molecule has 3 N–H and O–H groups in total. The van der Waals surface area contributed by atoms with Gasteiger partial charge in [0.05, 0.1) is 6.61 Å². The van der Waals surface area contributed by atoms with Crippen LogP contribution in [0.3, 0.4) is 0 Å². The summed E-state index contributed by atoms with van der Waals surface area (Å²) in [6.45, 7) is 0.438. The first-order chi connectivity index (χ1) is 12.1. The SMILES string of the molecule is NC(=O)C(c1nc(C(=O)OCC2CC2)cs1)c1c[nH]c2ccccc12. The molecule has 1 atom stereocenters. The monoisotopic (exact) mass is 355 g/mol. The van der Waals surface area contributed by atoms with Crippen LogP contribution in [-0.2, 0) is 9.53 Å². The number of nitrogens with zero attached hydrogens (tertiary/aromatic N) is 1. The number of nitrogens with one attached hydrogen (secondary N) is 1. The summed E-state index contributed by atoms with van der Waals surface area (Å²) < 4.78 is 5.25. The molecule has 7 heteroatoms. The maximum absolute atomic E-state index is 12.1. The number of hydrogen-bond acceptors (Lipinski definition) is 5. The summed E-state index contributed by atoms with van der Waals surface area (Å²) in [7, 11) is 0. The highest BCUT2D eigenvalue weighted by Gasteiger charge is 2.28. The van der Waals surface area contributed by atoms with Gasteiger partial charge >= 0.3 is 5.97 Å². The number of amides is 1. The molecule has 1 aliphatic carbocycles. The van der Waals surface area contributed by atoms with Crippen LogP contribution in [-0.4, -0.2) is 28.5 Å². The van der Waals surface area contributed by atoms with E-state index in [2.05, 4.69) is 9.97 Å². The Labute approximate surface area is 148 Å². The third kappa shape index (κ3) is 3.15. The zero-order chi connectivity index (χ0) is 17.4. The summed E-state index contributed by atoms with van der Waals surface area (Å²) in [5, 5.41) is 3.03. The first-order valence-electron chi connectivity index (χ1n) is 8.11. The predicted octanol–water partition coefficient (Wildman–Crippen LogP) is 2.81. The van der Waals surface area contributed by atoms with Crippen molar-refractivity contribution in [3.63, 3.8) is 0 Å². The molecule has 25 heavy (non-hydrogen) atoms. The van der Waals surface area contributed by atoms with E-state index in [0.29, 0.717) is 17.5 Å². The maximum atomic E-state index is 12.1. The topological polar surface area (TPSA) is 98.1 Å². The predicted molar refractivity (Wildman–Crippen MR) is 94.5 cm³/mol. The maximum Gasteiger partial charge on any atom is 0.357 e. The fourth-order valence-electron chi connectivity index (χ4n) is 2.81. The average Bonchev–Trinajstić information content (AvgIpc) is 3.15. The van der Waals surface area contributed by atoms with Gasteiger partial charge in [0.25, 0.3) is 0 Å². The van der Waals surface area contributed by atoms with Crippen LogP contribution in [0.25, 0.3) is 10.9 Å². The lowest BCUT2D eigenvalue weighted by atomic mass is 9.98. The summed E-state index contributed by atoms with van der Waals surface area (Å²) in [6.07, 6.45) is 3.99. The number of benzene rings is 1. The standard InChI is InChI=1S/C18H17N3O3S/c19-16(22)15(12-7-20-13-4-2-1-3-11(12)13)17-21-14(9-25-17)18(23)24-8-10-5-6-10/h1-4,7,9-10,15,20H,5-6,8H2,(H2,19,22). The van der Waals surface area contributed by atoms with E-state index in [-0.39, 0.29) is 5.69 Å². The van der Waals surface area contributed by atoms with Crippen LogP contribution in [0.2, 0.25) is 0 Å². The summed E-state index contributed by atoms with van der Waals surface area (Å²) >= 11 is 1.24. The van der Waals surface area contributed by atoms with E-state index in [1.165, 1.54) is 11.3 Å². The van der Waals surface area contributed by atoms with E-state index in [1.54, 1.807) is 11.6 Å². The Balaban J connectivity index is 1.63. The second kappa shape index (κ2) is 6.33. The minimum absolute atomic E-state index is 0.228. The number of fused-ring (bicyclic) bond motifs is 1. The summed E-state index contributed by atoms with van der Waals surface area (Å²) in [6, 6.07) is 7.68. The van der Waals surface area contributed by atoms with Crippen molar-refractivity contribution in [2.75, 3.05) is 6.61 Å². The number of ether oxygens (including phenoxy) is 1. The van der Waals surface area contributed by atoms with E-state index in [1.807, 2.05) is 24.3 Å². The van der Waals surface area contributed by atoms with Crippen molar-refractivity contribution in [1.82, 2.24) is 9.97 Å². The molecule has 1 aromatic carbocycles. The van der Waals surface area contributed by atoms with Crippen LogP contribution in [0.1, 0.15) is 39.8 Å². The molecule has 3 aromatic rings. The Morgan fingerprint density at radius 2 is 2.16 bits per heavy atom. The Kier molecular flexibility index (Phi) is 4.01. The molecule has 0 aliphatic heterocycles. The number of primary amides is 1. The molecule has 0 saturated heterocycles. The normalized spacial score (nSPS) is 15.2. The summed E-state index contributed by atoms with van der Waals surface area (Å²) in [5.41, 5.74) is 7.55. The zero-order valence-corrected chi connectivity index (χ0v) is 14.2. The fourth-order valence-corrected chi connectivity index (χ4v) is 3.72. The van der Waals surface area contributed by atoms with Crippen LogP contribution in [0.4, 0.5) is 0 Å². The highest BCUT2D eigenvalue weighted by atomic mass is 32.1. The van der Waals surface area contributed by atoms with Crippen LogP contribution < -0.4 is 5.73 Å². The Bertz CT molecular complexity index is 942. The van der Waals surface area contributed by atoms with Crippen LogP contribution >= 0.6 is 11.3 Å². The lowest BCUT2D eigenvalue weighted by Crippen LogP contribution is -2.22. The smallest absolute Gasteiger partial charge is 0.357 e. The molecule has 4 rings (SSSR count). The van der Waals surface area contributed by atoms with Gasteiger partial charge in [0, 0.05) is 22.5 Å². The molecule has 0 spiro atoms. The van der Waals surface area contributed by atoms with Gasteiger partial charge < -0.3 is 15.5 Å². The lowest BCUT2D eigenvalue weighted by Gasteiger charge is -2.09. The number of thiazole rings is 1. The minimum atomic E-state index is -0.703. The van der Waals surface area contributed by atoms with Gasteiger partial charge in [-0.2, -0.15) is 0 Å². The van der Waals surface area contributed by atoms with E-state index >= 15 is 0 Å². The Morgan fingerprint density at radius 1 is 1.36 bits per heavy atom. The molecular weight excluding hydrogens is 338 g/mol. The van der Waals surface area contributed by atoms with Crippen molar-refractivity contribution in [3.8, 4) is 0 Å². The average molecular weight is 355 g/mol. The quantitative estimate of drug-likeness (QED) is 0.664. The van der Waals surface area contributed by atoms with Crippen LogP contribution in [0.15, 0.2) is 35.8 Å². The molecule has 2 heterocycles. The molecule has 1 amide bonds. The lowest BCUT2D eigenvalue weighted by molar-refractivity contribution is -0.118. The third-order valence-electron chi connectivity index (χ3n) is 4.34. The fraction of sp³-hybridized carbons (Fsp3) is 0.278. The molecule has 2 aromatic heterocycles. The van der Waals surface area contributed by atoms with Crippen molar-refractivity contribution in [3.05, 3.63) is 52.1 Å². The Morgan fingerprint density at radius 3 is 2.92 bits per heavy atom.